The van der Waals surface area contributed by atoms with Crippen LogP contribution in [0.3, 0.4) is 0 Å². The van der Waals surface area contributed by atoms with Crippen LogP contribution in [0.4, 0.5) is 18.9 Å². The van der Waals surface area contributed by atoms with E-state index >= 15 is 0 Å². The van der Waals surface area contributed by atoms with Gasteiger partial charge in [-0.3, -0.25) is 9.59 Å². The maximum atomic E-state index is 12.7. The van der Waals surface area contributed by atoms with Gasteiger partial charge in [-0.25, -0.2) is 14.6 Å². The van der Waals surface area contributed by atoms with Gasteiger partial charge < -0.3 is 10.3 Å². The van der Waals surface area contributed by atoms with Gasteiger partial charge in [0.1, 0.15) is 18.3 Å². The van der Waals surface area contributed by atoms with Gasteiger partial charge in [-0.15, -0.1) is 0 Å². The fraction of sp³-hybridized carbons (Fsp3) is 0.0714. The fourth-order valence-corrected chi connectivity index (χ4v) is 2.00. The first-order chi connectivity index (χ1) is 11.9. The molecule has 25 heavy (non-hydrogen) atoms. The number of carbonyl (C=O) groups is 1. The first-order valence-corrected chi connectivity index (χ1v) is 6.77. The molecule has 11 heteroatoms. The molecule has 3 aromatic rings. The molecule has 0 fully saturated rings. The number of aromatic amines is 1. The normalized spacial score (nSPS) is 11.3. The monoisotopic (exact) mass is 350 g/mol. The molecule has 3 heterocycles. The van der Waals surface area contributed by atoms with E-state index in [0.29, 0.717) is 12.3 Å². The average molecular weight is 350 g/mol. The summed E-state index contributed by atoms with van der Waals surface area (Å²) in [6, 6.07) is 3.41. The fourth-order valence-electron chi connectivity index (χ4n) is 2.00. The minimum Gasteiger partial charge on any atom is -0.327 e. The van der Waals surface area contributed by atoms with Crippen LogP contribution in [0, 0.1) is 0 Å². The Morgan fingerprint density at radius 2 is 2.12 bits per heavy atom. The van der Waals surface area contributed by atoms with E-state index in [1.54, 1.807) is 0 Å². The lowest BCUT2D eigenvalue weighted by Crippen LogP contribution is -2.23. The molecule has 0 unspecified atom stereocenters. The van der Waals surface area contributed by atoms with Crippen molar-refractivity contribution in [3.63, 3.8) is 0 Å². The van der Waals surface area contributed by atoms with E-state index in [1.807, 2.05) is 4.98 Å². The lowest BCUT2D eigenvalue weighted by Gasteiger charge is -2.10. The number of hydrogen-bond acceptors (Lipinski definition) is 5. The van der Waals surface area contributed by atoms with Crippen molar-refractivity contribution in [3.05, 3.63) is 64.7 Å². The largest absolute Gasteiger partial charge is 0.417 e. The molecule has 0 saturated heterocycles. The van der Waals surface area contributed by atoms with Crippen LogP contribution in [-0.2, 0) is 6.18 Å². The van der Waals surface area contributed by atoms with Gasteiger partial charge in [0.15, 0.2) is 5.82 Å². The predicted molar refractivity (Wildman–Crippen MR) is 79.2 cm³/mol. The van der Waals surface area contributed by atoms with Crippen molar-refractivity contribution < 1.29 is 18.0 Å². The Balaban J connectivity index is 1.96. The van der Waals surface area contributed by atoms with Gasteiger partial charge in [-0.2, -0.15) is 18.3 Å². The number of alkyl halides is 3. The van der Waals surface area contributed by atoms with Gasteiger partial charge in [-0.05, 0) is 18.2 Å². The molecule has 8 nitrogen and oxygen atoms in total. The SMILES string of the molecule is O=C(Nc1cc(C(F)(F)F)c[nH]c1=O)c1cccnc1-n1cncn1. The zero-order valence-corrected chi connectivity index (χ0v) is 12.3. The number of anilines is 1. The first kappa shape index (κ1) is 16.4. The molecule has 2 N–H and O–H groups in total. The maximum Gasteiger partial charge on any atom is 0.417 e. The summed E-state index contributed by atoms with van der Waals surface area (Å²) in [7, 11) is 0. The molecule has 0 aromatic carbocycles. The number of amides is 1. The van der Waals surface area contributed by atoms with Crippen LogP contribution in [0.25, 0.3) is 5.82 Å². The highest BCUT2D eigenvalue weighted by Gasteiger charge is 2.31. The van der Waals surface area contributed by atoms with Crippen LogP contribution < -0.4 is 10.9 Å². The molecule has 1 amide bonds. The highest BCUT2D eigenvalue weighted by Crippen LogP contribution is 2.29. The Morgan fingerprint density at radius 1 is 1.32 bits per heavy atom. The molecule has 0 bridgehead atoms. The Hall–Kier alpha value is -3.50. The first-order valence-electron chi connectivity index (χ1n) is 6.77. The lowest BCUT2D eigenvalue weighted by atomic mass is 10.2. The molecule has 128 valence electrons. The zero-order valence-electron chi connectivity index (χ0n) is 12.3. The number of pyridine rings is 2. The molecule has 0 radical (unpaired) electrons. The van der Waals surface area contributed by atoms with Crippen LogP contribution in [0.5, 0.6) is 0 Å². The minimum atomic E-state index is -4.66. The molecule has 0 atom stereocenters. The Kier molecular flexibility index (Phi) is 4.05. The molecule has 3 aromatic heterocycles. The van der Waals surface area contributed by atoms with Crippen LogP contribution in [0.15, 0.2) is 48.0 Å². The quantitative estimate of drug-likeness (QED) is 0.747. The maximum absolute atomic E-state index is 12.7. The predicted octanol–water partition coefficient (Wildman–Crippen LogP) is 1.62. The van der Waals surface area contributed by atoms with Gasteiger partial charge in [-0.1, -0.05) is 0 Å². The summed E-state index contributed by atoms with van der Waals surface area (Å²) in [5.41, 5.74) is -2.49. The van der Waals surface area contributed by atoms with Crippen molar-refractivity contribution in [1.29, 1.82) is 0 Å². The second kappa shape index (κ2) is 6.19. The molecule has 0 saturated carbocycles. The number of H-pyrrole nitrogens is 1. The molecule has 0 aliphatic rings. The van der Waals surface area contributed by atoms with Crippen LogP contribution in [0.2, 0.25) is 0 Å². The van der Waals surface area contributed by atoms with Crippen molar-refractivity contribution >= 4 is 11.6 Å². The highest BCUT2D eigenvalue weighted by molar-refractivity contribution is 6.06. The van der Waals surface area contributed by atoms with Crippen LogP contribution in [-0.4, -0.2) is 30.6 Å². The second-order valence-corrected chi connectivity index (χ2v) is 4.80. The van der Waals surface area contributed by atoms with E-state index < -0.39 is 28.9 Å². The van der Waals surface area contributed by atoms with E-state index in [0.717, 1.165) is 0 Å². The minimum absolute atomic E-state index is 0.00446. The molecule has 0 spiro atoms. The van der Waals surface area contributed by atoms with Crippen molar-refractivity contribution in [2.24, 2.45) is 0 Å². The number of carbonyl (C=O) groups excluding carboxylic acids is 1. The summed E-state index contributed by atoms with van der Waals surface area (Å²) in [5.74, 6) is -0.704. The third kappa shape index (κ3) is 3.39. The van der Waals surface area contributed by atoms with Crippen molar-refractivity contribution in [3.8, 4) is 5.82 Å². The van der Waals surface area contributed by atoms with Crippen molar-refractivity contribution in [2.45, 2.75) is 6.18 Å². The van der Waals surface area contributed by atoms with Gasteiger partial charge >= 0.3 is 6.18 Å². The number of hydrogen-bond donors (Lipinski definition) is 2. The van der Waals surface area contributed by atoms with E-state index in [-0.39, 0.29) is 11.4 Å². The molecule has 0 aliphatic heterocycles. The third-order valence-electron chi connectivity index (χ3n) is 3.15. The molecular weight excluding hydrogens is 341 g/mol. The molecule has 3 rings (SSSR count). The van der Waals surface area contributed by atoms with E-state index in [4.69, 9.17) is 0 Å². The van der Waals surface area contributed by atoms with Crippen LogP contribution >= 0.6 is 0 Å². The Labute approximate surface area is 137 Å². The Bertz CT molecular complexity index is 965. The lowest BCUT2D eigenvalue weighted by molar-refractivity contribution is -0.137. The number of halogens is 3. The summed E-state index contributed by atoms with van der Waals surface area (Å²) in [4.78, 5) is 33.8. The van der Waals surface area contributed by atoms with Gasteiger partial charge in [0, 0.05) is 12.4 Å². The summed E-state index contributed by atoms with van der Waals surface area (Å²) >= 11 is 0. The summed E-state index contributed by atoms with van der Waals surface area (Å²) in [6.45, 7) is 0. The average Bonchev–Trinajstić information content (AvgIpc) is 3.10. The number of nitrogens with zero attached hydrogens (tertiary/aromatic N) is 4. The van der Waals surface area contributed by atoms with Crippen LogP contribution in [0.1, 0.15) is 15.9 Å². The standard InChI is InChI=1S/C14H9F3N6O2/c15-14(16,17)8-4-10(13(25)20-5-8)22-12(24)9-2-1-3-19-11(9)23-7-18-6-21-23/h1-7H,(H,20,25)(H,22,24). The smallest absolute Gasteiger partial charge is 0.327 e. The molecular formula is C14H9F3N6O2. The summed E-state index contributed by atoms with van der Waals surface area (Å²) in [5, 5.41) is 6.00. The van der Waals surface area contributed by atoms with E-state index in [2.05, 4.69) is 20.4 Å². The number of nitrogens with one attached hydrogen (secondary N) is 2. The number of rotatable bonds is 3. The van der Waals surface area contributed by atoms with E-state index in [9.17, 15) is 22.8 Å². The van der Waals surface area contributed by atoms with Crippen molar-refractivity contribution in [1.82, 2.24) is 24.7 Å². The van der Waals surface area contributed by atoms with Gasteiger partial charge in [0.2, 0.25) is 0 Å². The third-order valence-corrected chi connectivity index (χ3v) is 3.15. The molecule has 0 aliphatic carbocycles. The topological polar surface area (TPSA) is 106 Å². The zero-order chi connectivity index (χ0) is 18.0. The highest BCUT2D eigenvalue weighted by atomic mass is 19.4. The van der Waals surface area contributed by atoms with Gasteiger partial charge in [0.25, 0.3) is 11.5 Å². The summed E-state index contributed by atoms with van der Waals surface area (Å²) < 4.78 is 39.5. The van der Waals surface area contributed by atoms with Crippen molar-refractivity contribution in [2.75, 3.05) is 5.32 Å². The number of aromatic nitrogens is 5. The van der Waals surface area contributed by atoms with E-state index in [1.165, 1.54) is 35.7 Å². The second-order valence-electron chi connectivity index (χ2n) is 4.80. The summed E-state index contributed by atoms with van der Waals surface area (Å²) in [6.07, 6.45) is -0.193. The Morgan fingerprint density at radius 3 is 2.80 bits per heavy atom. The van der Waals surface area contributed by atoms with Gasteiger partial charge in [0.05, 0.1) is 11.1 Å².